The molecule has 1 aromatic heterocycles. The first-order valence-electron chi connectivity index (χ1n) is 8.07. The van der Waals surface area contributed by atoms with Gasteiger partial charge < -0.3 is 5.11 Å². The first-order chi connectivity index (χ1) is 9.71. The highest BCUT2D eigenvalue weighted by Crippen LogP contribution is 2.42. The summed E-state index contributed by atoms with van der Waals surface area (Å²) in [6.07, 6.45) is 7.74. The molecule has 0 spiro atoms. The lowest BCUT2D eigenvalue weighted by atomic mass is 9.70. The lowest BCUT2D eigenvalue weighted by Gasteiger charge is -2.42. The van der Waals surface area contributed by atoms with Crippen LogP contribution in [0.15, 0.2) is 16.8 Å². The topological polar surface area (TPSA) is 23.5 Å². The zero-order valence-corrected chi connectivity index (χ0v) is 13.4. The maximum Gasteiger partial charge on any atom is 0.0499 e. The minimum absolute atomic E-state index is 0.163. The van der Waals surface area contributed by atoms with E-state index in [1.165, 1.54) is 44.1 Å². The lowest BCUT2D eigenvalue weighted by Crippen LogP contribution is -2.43. The molecule has 2 fully saturated rings. The molecule has 1 heterocycles. The van der Waals surface area contributed by atoms with Crippen molar-refractivity contribution in [3.05, 3.63) is 22.4 Å². The Balaban J connectivity index is 1.68. The molecule has 3 heteroatoms. The van der Waals surface area contributed by atoms with Crippen LogP contribution in [0.5, 0.6) is 0 Å². The fourth-order valence-electron chi connectivity index (χ4n) is 3.91. The van der Waals surface area contributed by atoms with Gasteiger partial charge >= 0.3 is 0 Å². The first kappa shape index (κ1) is 14.6. The third-order valence-electron chi connectivity index (χ3n) is 5.09. The van der Waals surface area contributed by atoms with Crippen molar-refractivity contribution < 1.29 is 5.11 Å². The Morgan fingerprint density at radius 3 is 2.85 bits per heavy atom. The molecule has 0 radical (unpaired) electrons. The molecule has 2 aliphatic rings. The van der Waals surface area contributed by atoms with E-state index in [0.717, 1.165) is 25.0 Å². The van der Waals surface area contributed by atoms with Gasteiger partial charge in [0.2, 0.25) is 0 Å². The molecule has 1 aromatic rings. The predicted molar refractivity (Wildman–Crippen MR) is 84.9 cm³/mol. The van der Waals surface area contributed by atoms with Crippen LogP contribution in [-0.4, -0.2) is 29.2 Å². The van der Waals surface area contributed by atoms with Crippen molar-refractivity contribution in [2.75, 3.05) is 13.2 Å². The summed E-state index contributed by atoms with van der Waals surface area (Å²) in [7, 11) is 0. The molecular weight excluding hydrogens is 266 g/mol. The van der Waals surface area contributed by atoms with Crippen LogP contribution < -0.4 is 0 Å². The Morgan fingerprint density at radius 1 is 1.40 bits per heavy atom. The smallest absolute Gasteiger partial charge is 0.0499 e. The third kappa shape index (κ3) is 3.44. The number of hydrogen-bond donors (Lipinski definition) is 1. The van der Waals surface area contributed by atoms with E-state index in [1.54, 1.807) is 11.3 Å². The van der Waals surface area contributed by atoms with Crippen LogP contribution in [0.25, 0.3) is 0 Å². The second kappa shape index (κ2) is 6.17. The van der Waals surface area contributed by atoms with Crippen molar-refractivity contribution >= 4 is 11.3 Å². The van der Waals surface area contributed by atoms with Crippen molar-refractivity contribution in [1.82, 2.24) is 4.90 Å². The van der Waals surface area contributed by atoms with Gasteiger partial charge in [-0.2, -0.15) is 11.3 Å². The Labute approximate surface area is 126 Å². The molecule has 2 atom stereocenters. The zero-order valence-electron chi connectivity index (χ0n) is 12.6. The SMILES string of the molecule is CC1CCCC(CO)(CN(Cc2ccsc2)C2CC2)C1. The highest BCUT2D eigenvalue weighted by atomic mass is 32.1. The Hall–Kier alpha value is -0.380. The van der Waals surface area contributed by atoms with Gasteiger partial charge in [0.05, 0.1) is 0 Å². The molecule has 3 rings (SSSR count). The fraction of sp³-hybridized carbons (Fsp3) is 0.765. The van der Waals surface area contributed by atoms with Crippen molar-refractivity contribution in [2.24, 2.45) is 11.3 Å². The van der Waals surface area contributed by atoms with Gasteiger partial charge in [0.25, 0.3) is 0 Å². The van der Waals surface area contributed by atoms with E-state index in [0.29, 0.717) is 6.61 Å². The van der Waals surface area contributed by atoms with Crippen molar-refractivity contribution in [2.45, 2.75) is 58.0 Å². The average Bonchev–Trinajstić information content (AvgIpc) is 3.17. The van der Waals surface area contributed by atoms with Crippen molar-refractivity contribution in [1.29, 1.82) is 0 Å². The van der Waals surface area contributed by atoms with E-state index in [1.807, 2.05) is 0 Å². The Morgan fingerprint density at radius 2 is 2.25 bits per heavy atom. The van der Waals surface area contributed by atoms with E-state index >= 15 is 0 Å². The molecule has 112 valence electrons. The molecule has 0 aliphatic heterocycles. The number of rotatable bonds is 6. The zero-order chi connectivity index (χ0) is 14.0. The standard InChI is InChI=1S/C17H27NOS/c1-14-3-2-7-17(9-14,13-19)12-18(16-4-5-16)10-15-6-8-20-11-15/h6,8,11,14,16,19H,2-5,7,9-10,12-13H2,1H3. The summed E-state index contributed by atoms with van der Waals surface area (Å²) >= 11 is 1.79. The van der Waals surface area contributed by atoms with E-state index in [9.17, 15) is 5.11 Å². The van der Waals surface area contributed by atoms with Crippen LogP contribution in [0.2, 0.25) is 0 Å². The number of thiophene rings is 1. The molecule has 1 N–H and O–H groups in total. The van der Waals surface area contributed by atoms with Crippen LogP contribution in [-0.2, 0) is 6.54 Å². The Kier molecular flexibility index (Phi) is 4.49. The summed E-state index contributed by atoms with van der Waals surface area (Å²) in [5.41, 5.74) is 1.61. The van der Waals surface area contributed by atoms with Gasteiger partial charge in [0.15, 0.2) is 0 Å². The van der Waals surface area contributed by atoms with E-state index < -0.39 is 0 Å². The normalized spacial score (nSPS) is 30.9. The van der Waals surface area contributed by atoms with E-state index in [-0.39, 0.29) is 5.41 Å². The maximum atomic E-state index is 10.0. The summed E-state index contributed by atoms with van der Waals surface area (Å²) in [5, 5.41) is 14.5. The largest absolute Gasteiger partial charge is 0.396 e. The lowest BCUT2D eigenvalue weighted by molar-refractivity contribution is 0.0189. The van der Waals surface area contributed by atoms with E-state index in [2.05, 4.69) is 28.7 Å². The van der Waals surface area contributed by atoms with Gasteiger partial charge in [-0.05, 0) is 54.0 Å². The minimum Gasteiger partial charge on any atom is -0.396 e. The number of aliphatic hydroxyl groups is 1. The third-order valence-corrected chi connectivity index (χ3v) is 5.82. The number of nitrogens with zero attached hydrogens (tertiary/aromatic N) is 1. The van der Waals surface area contributed by atoms with Gasteiger partial charge in [-0.3, -0.25) is 4.90 Å². The van der Waals surface area contributed by atoms with Crippen LogP contribution in [0.1, 0.15) is 51.0 Å². The highest BCUT2D eigenvalue weighted by molar-refractivity contribution is 7.07. The molecule has 0 amide bonds. The number of hydrogen-bond acceptors (Lipinski definition) is 3. The summed E-state index contributed by atoms with van der Waals surface area (Å²) in [6, 6.07) is 3.02. The second-order valence-corrected chi connectivity index (χ2v) is 7.91. The van der Waals surface area contributed by atoms with E-state index in [4.69, 9.17) is 0 Å². The van der Waals surface area contributed by atoms with Crippen LogP contribution in [0.4, 0.5) is 0 Å². The molecule has 2 saturated carbocycles. The van der Waals surface area contributed by atoms with Crippen molar-refractivity contribution in [3.63, 3.8) is 0 Å². The predicted octanol–water partition coefficient (Wildman–Crippen LogP) is 3.90. The molecule has 2 aliphatic carbocycles. The molecule has 20 heavy (non-hydrogen) atoms. The first-order valence-corrected chi connectivity index (χ1v) is 9.01. The van der Waals surface area contributed by atoms with Gasteiger partial charge in [0.1, 0.15) is 0 Å². The second-order valence-electron chi connectivity index (χ2n) is 7.13. The van der Waals surface area contributed by atoms with Crippen LogP contribution in [0.3, 0.4) is 0 Å². The Bertz CT molecular complexity index is 415. The number of aliphatic hydroxyl groups excluding tert-OH is 1. The molecule has 0 saturated heterocycles. The molecule has 0 aromatic carbocycles. The summed E-state index contributed by atoms with van der Waals surface area (Å²) in [5.74, 6) is 0.776. The highest BCUT2D eigenvalue weighted by Gasteiger charge is 2.39. The molecule has 0 bridgehead atoms. The summed E-state index contributed by atoms with van der Waals surface area (Å²) in [6.45, 7) is 4.88. The van der Waals surface area contributed by atoms with Gasteiger partial charge in [-0.1, -0.05) is 19.8 Å². The summed E-state index contributed by atoms with van der Waals surface area (Å²) < 4.78 is 0. The fourth-order valence-corrected chi connectivity index (χ4v) is 4.57. The quantitative estimate of drug-likeness (QED) is 0.860. The van der Waals surface area contributed by atoms with Crippen molar-refractivity contribution in [3.8, 4) is 0 Å². The van der Waals surface area contributed by atoms with Gasteiger partial charge in [-0.25, -0.2) is 0 Å². The summed E-state index contributed by atoms with van der Waals surface area (Å²) in [4.78, 5) is 2.65. The average molecular weight is 293 g/mol. The molecule has 2 nitrogen and oxygen atoms in total. The monoisotopic (exact) mass is 293 g/mol. The van der Waals surface area contributed by atoms with Crippen LogP contribution >= 0.6 is 11.3 Å². The minimum atomic E-state index is 0.163. The molecule has 2 unspecified atom stereocenters. The van der Waals surface area contributed by atoms with Crippen LogP contribution in [0, 0.1) is 11.3 Å². The van der Waals surface area contributed by atoms with Gasteiger partial charge in [0, 0.05) is 31.2 Å². The molecular formula is C17H27NOS. The maximum absolute atomic E-state index is 10.0. The van der Waals surface area contributed by atoms with Gasteiger partial charge in [-0.15, -0.1) is 0 Å².